The first-order valence-corrected chi connectivity index (χ1v) is 8.58. The van der Waals surface area contributed by atoms with Gasteiger partial charge in [-0.15, -0.1) is 23.7 Å². The van der Waals surface area contributed by atoms with Gasteiger partial charge in [-0.05, 0) is 6.42 Å². The van der Waals surface area contributed by atoms with Crippen molar-refractivity contribution in [3.8, 4) is 11.3 Å². The maximum atomic E-state index is 12.3. The molecule has 0 radical (unpaired) electrons. The number of amides is 2. The highest BCUT2D eigenvalue weighted by atomic mass is 35.5. The minimum Gasteiger partial charge on any atom is -0.351 e. The minimum atomic E-state index is -0.350. The van der Waals surface area contributed by atoms with E-state index in [2.05, 4.69) is 20.9 Å². The van der Waals surface area contributed by atoms with E-state index in [4.69, 9.17) is 5.73 Å². The van der Waals surface area contributed by atoms with E-state index < -0.39 is 0 Å². The molecule has 9 heteroatoms. The number of hydrogen-bond acceptors (Lipinski definition) is 6. The fourth-order valence-corrected chi connectivity index (χ4v) is 3.32. The van der Waals surface area contributed by atoms with Crippen LogP contribution in [0, 0.1) is 0 Å². The molecule has 2 amide bonds. The van der Waals surface area contributed by atoms with Crippen LogP contribution in [0.2, 0.25) is 0 Å². The Balaban J connectivity index is 0.00000225. The summed E-state index contributed by atoms with van der Waals surface area (Å²) in [4.78, 5) is 28.1. The third kappa shape index (κ3) is 4.99. The second-order valence-electron chi connectivity index (χ2n) is 5.56. The van der Waals surface area contributed by atoms with Crippen LogP contribution in [0.4, 0.5) is 5.13 Å². The zero-order valence-corrected chi connectivity index (χ0v) is 15.0. The second kappa shape index (κ2) is 8.91. The highest BCUT2D eigenvalue weighted by Gasteiger charge is 2.30. The quantitative estimate of drug-likeness (QED) is 0.617. The number of carbonyl (C=O) groups excluding carboxylic acids is 2. The zero-order valence-electron chi connectivity index (χ0n) is 13.4. The molecule has 2 atom stereocenters. The van der Waals surface area contributed by atoms with Crippen LogP contribution in [0.25, 0.3) is 11.3 Å². The Morgan fingerprint density at radius 3 is 2.80 bits per heavy atom. The fraction of sp³-hybridized carbons (Fsp3) is 0.312. The maximum absolute atomic E-state index is 12.3. The molecule has 1 aromatic heterocycles. The Morgan fingerprint density at radius 2 is 2.08 bits per heavy atom. The molecule has 2 aromatic rings. The summed E-state index contributed by atoms with van der Waals surface area (Å²) < 4.78 is 0. The van der Waals surface area contributed by atoms with Crippen molar-refractivity contribution in [3.63, 3.8) is 0 Å². The number of nitrogens with one attached hydrogen (secondary N) is 3. The molecule has 1 unspecified atom stereocenters. The summed E-state index contributed by atoms with van der Waals surface area (Å²) in [5.74, 6) is -0.358. The first-order chi connectivity index (χ1) is 11.7. The van der Waals surface area contributed by atoms with Crippen molar-refractivity contribution in [2.75, 3.05) is 18.4 Å². The van der Waals surface area contributed by atoms with Gasteiger partial charge in [0, 0.05) is 23.5 Å². The Hall–Kier alpha value is -2.00. The number of rotatable bonds is 5. The van der Waals surface area contributed by atoms with Gasteiger partial charge in [-0.1, -0.05) is 30.3 Å². The molecule has 1 fully saturated rings. The number of anilines is 1. The van der Waals surface area contributed by atoms with Gasteiger partial charge in [0.05, 0.1) is 18.3 Å². The monoisotopic (exact) mass is 381 g/mol. The summed E-state index contributed by atoms with van der Waals surface area (Å²) in [6.45, 7) is 0.506. The average molecular weight is 382 g/mol. The van der Waals surface area contributed by atoms with Crippen LogP contribution in [0.3, 0.4) is 0 Å². The lowest BCUT2D eigenvalue weighted by atomic mass is 10.1. The summed E-state index contributed by atoms with van der Waals surface area (Å²) in [7, 11) is 0. The van der Waals surface area contributed by atoms with Crippen LogP contribution in [0.15, 0.2) is 35.7 Å². The van der Waals surface area contributed by atoms with Gasteiger partial charge < -0.3 is 21.7 Å². The van der Waals surface area contributed by atoms with Crippen molar-refractivity contribution in [2.24, 2.45) is 5.73 Å². The summed E-state index contributed by atoms with van der Waals surface area (Å²) >= 11 is 1.39. The van der Waals surface area contributed by atoms with Crippen molar-refractivity contribution >= 4 is 40.7 Å². The minimum absolute atomic E-state index is 0. The molecule has 0 saturated carbocycles. The van der Waals surface area contributed by atoms with Crippen LogP contribution < -0.4 is 21.7 Å². The number of benzene rings is 1. The van der Waals surface area contributed by atoms with E-state index in [1.807, 2.05) is 35.7 Å². The summed E-state index contributed by atoms with van der Waals surface area (Å²) in [5.41, 5.74) is 7.13. The molecule has 0 aliphatic carbocycles. The molecule has 5 N–H and O–H groups in total. The van der Waals surface area contributed by atoms with Gasteiger partial charge >= 0.3 is 0 Å². The van der Waals surface area contributed by atoms with Crippen molar-refractivity contribution in [1.82, 2.24) is 15.6 Å². The normalized spacial score (nSPS) is 19.1. The Bertz CT molecular complexity index is 724. The molecule has 0 bridgehead atoms. The van der Waals surface area contributed by atoms with E-state index in [0.29, 0.717) is 18.1 Å². The largest absolute Gasteiger partial charge is 0.351 e. The van der Waals surface area contributed by atoms with Gasteiger partial charge in [0.1, 0.15) is 0 Å². The molecule has 25 heavy (non-hydrogen) atoms. The summed E-state index contributed by atoms with van der Waals surface area (Å²) in [5, 5.41) is 11.2. The Morgan fingerprint density at radius 1 is 1.32 bits per heavy atom. The third-order valence-corrected chi connectivity index (χ3v) is 4.56. The third-order valence-electron chi connectivity index (χ3n) is 3.80. The van der Waals surface area contributed by atoms with Crippen LogP contribution in [0.5, 0.6) is 0 Å². The zero-order chi connectivity index (χ0) is 16.9. The molecule has 134 valence electrons. The smallest absolute Gasteiger partial charge is 0.243 e. The highest BCUT2D eigenvalue weighted by molar-refractivity contribution is 7.14. The van der Waals surface area contributed by atoms with Crippen LogP contribution in [0.1, 0.15) is 6.42 Å². The Labute approximate surface area is 155 Å². The molecule has 1 aromatic carbocycles. The van der Waals surface area contributed by atoms with Gasteiger partial charge in [-0.25, -0.2) is 4.98 Å². The van der Waals surface area contributed by atoms with Gasteiger partial charge in [0.15, 0.2) is 5.13 Å². The summed E-state index contributed by atoms with van der Waals surface area (Å²) in [6, 6.07) is 9.37. The number of nitrogens with two attached hydrogens (primary N) is 1. The predicted molar refractivity (Wildman–Crippen MR) is 101 cm³/mol. The van der Waals surface area contributed by atoms with Gasteiger partial charge in [0.25, 0.3) is 0 Å². The maximum Gasteiger partial charge on any atom is 0.243 e. The van der Waals surface area contributed by atoms with Crippen molar-refractivity contribution in [3.05, 3.63) is 35.7 Å². The number of aromatic nitrogens is 1. The molecule has 1 aliphatic rings. The number of thiazole rings is 1. The number of carbonyl (C=O) groups is 2. The van der Waals surface area contributed by atoms with Crippen molar-refractivity contribution in [1.29, 1.82) is 0 Å². The van der Waals surface area contributed by atoms with Crippen molar-refractivity contribution in [2.45, 2.75) is 18.5 Å². The molecule has 3 rings (SSSR count). The van der Waals surface area contributed by atoms with E-state index >= 15 is 0 Å². The number of hydrogen-bond donors (Lipinski definition) is 4. The second-order valence-corrected chi connectivity index (χ2v) is 6.42. The van der Waals surface area contributed by atoms with Crippen molar-refractivity contribution < 1.29 is 9.59 Å². The van der Waals surface area contributed by atoms with E-state index in [1.54, 1.807) is 0 Å². The van der Waals surface area contributed by atoms with E-state index in [0.717, 1.165) is 11.3 Å². The van der Waals surface area contributed by atoms with Gasteiger partial charge in [0.2, 0.25) is 11.8 Å². The molecular formula is C16H20ClN5O2S. The van der Waals surface area contributed by atoms with Crippen LogP contribution in [-0.2, 0) is 9.59 Å². The average Bonchev–Trinajstić information content (AvgIpc) is 3.25. The molecule has 1 aliphatic heterocycles. The number of nitrogens with zero attached hydrogens (tertiary/aromatic N) is 1. The lowest BCUT2D eigenvalue weighted by molar-refractivity contribution is -0.121. The Kier molecular flexibility index (Phi) is 6.89. The molecule has 2 heterocycles. The van der Waals surface area contributed by atoms with Crippen LogP contribution >= 0.6 is 23.7 Å². The fourth-order valence-electron chi connectivity index (χ4n) is 2.60. The highest BCUT2D eigenvalue weighted by Crippen LogP contribution is 2.24. The summed E-state index contributed by atoms with van der Waals surface area (Å²) in [6.07, 6.45) is 0.536. The van der Waals surface area contributed by atoms with Gasteiger partial charge in [-0.3, -0.25) is 9.59 Å². The SMILES string of the molecule is Cl.NCC(=O)NC1CN[C@H](C(=O)Nc2nc(-c3ccccc3)cs2)C1. The van der Waals surface area contributed by atoms with E-state index in [-0.39, 0.29) is 42.8 Å². The van der Waals surface area contributed by atoms with Gasteiger partial charge in [-0.2, -0.15) is 0 Å². The van der Waals surface area contributed by atoms with E-state index in [9.17, 15) is 9.59 Å². The topological polar surface area (TPSA) is 109 Å². The lowest BCUT2D eigenvalue weighted by Gasteiger charge is -2.11. The first-order valence-electron chi connectivity index (χ1n) is 7.70. The number of halogens is 1. The molecule has 7 nitrogen and oxygen atoms in total. The van der Waals surface area contributed by atoms with E-state index in [1.165, 1.54) is 11.3 Å². The predicted octanol–water partition coefficient (Wildman–Crippen LogP) is 0.976. The molecule has 0 spiro atoms. The lowest BCUT2D eigenvalue weighted by Crippen LogP contribution is -2.39. The standard InChI is InChI=1S/C16H19N5O2S.ClH/c17-7-14(22)19-11-6-12(18-8-11)15(23)21-16-20-13(9-24-16)10-4-2-1-3-5-10;/h1-5,9,11-12,18H,6-8,17H2,(H,19,22)(H,20,21,23);1H/t11?,12-;/m0./s1. The first kappa shape index (κ1) is 19.3. The molecular weight excluding hydrogens is 362 g/mol. The van der Waals surface area contributed by atoms with Crippen LogP contribution in [-0.4, -0.2) is 42.0 Å². The molecule has 1 saturated heterocycles.